The number of benzene rings is 1. The Morgan fingerprint density at radius 2 is 1.83 bits per heavy atom. The summed E-state index contributed by atoms with van der Waals surface area (Å²) in [5.41, 5.74) is 2.63. The number of thioether (sulfide) groups is 1. The number of rotatable bonds is 5. The van der Waals surface area contributed by atoms with Gasteiger partial charge in [-0.3, -0.25) is 4.79 Å². The van der Waals surface area contributed by atoms with Gasteiger partial charge in [0.15, 0.2) is 0 Å². The molecule has 1 amide bonds. The van der Waals surface area contributed by atoms with Crippen molar-refractivity contribution in [2.45, 2.75) is 49.5 Å². The number of hydrogen-bond donors (Lipinski definition) is 0. The minimum atomic E-state index is -3.45. The Balaban J connectivity index is 1.51. The van der Waals surface area contributed by atoms with Crippen molar-refractivity contribution < 1.29 is 13.2 Å². The summed E-state index contributed by atoms with van der Waals surface area (Å²) in [5.74, 6) is 0.980. The molecule has 0 N–H and O–H groups in total. The van der Waals surface area contributed by atoms with Crippen molar-refractivity contribution in [1.82, 2.24) is 14.3 Å². The molecule has 2 aliphatic heterocycles. The maximum atomic E-state index is 12.9. The molecule has 0 saturated carbocycles. The summed E-state index contributed by atoms with van der Waals surface area (Å²) in [5, 5.41) is 0.789. The monoisotopic (exact) mass is 446 g/mol. The number of hydrogen-bond acceptors (Lipinski definition) is 6. The van der Waals surface area contributed by atoms with Crippen LogP contribution in [-0.4, -0.2) is 54.0 Å². The van der Waals surface area contributed by atoms with Crippen LogP contribution in [0.4, 0.5) is 5.69 Å². The van der Waals surface area contributed by atoms with E-state index in [4.69, 9.17) is 0 Å². The molecule has 1 aromatic heterocycles. The summed E-state index contributed by atoms with van der Waals surface area (Å²) in [6.45, 7) is 5.57. The average Bonchev–Trinajstić information content (AvgIpc) is 3.26. The van der Waals surface area contributed by atoms with Crippen LogP contribution in [0.2, 0.25) is 0 Å². The Morgan fingerprint density at radius 3 is 2.57 bits per heavy atom. The van der Waals surface area contributed by atoms with Crippen molar-refractivity contribution in [3.8, 4) is 0 Å². The molecule has 1 saturated heterocycles. The van der Waals surface area contributed by atoms with Gasteiger partial charge in [0.25, 0.3) is 0 Å². The van der Waals surface area contributed by atoms with Crippen LogP contribution in [0, 0.1) is 13.8 Å². The number of aromatic nitrogens is 2. The quantitative estimate of drug-likeness (QED) is 0.519. The first-order valence-corrected chi connectivity index (χ1v) is 12.7. The molecule has 4 rings (SSSR count). The van der Waals surface area contributed by atoms with Crippen LogP contribution in [-0.2, 0) is 21.2 Å². The van der Waals surface area contributed by atoms with E-state index in [1.807, 2.05) is 19.9 Å². The molecule has 2 aliphatic rings. The second kappa shape index (κ2) is 8.64. The van der Waals surface area contributed by atoms with Gasteiger partial charge in [0.2, 0.25) is 15.9 Å². The van der Waals surface area contributed by atoms with Crippen molar-refractivity contribution in [2.24, 2.45) is 0 Å². The standard InChI is InChI=1S/C21H26N4O3S2/c1-15-12-20(23-16(2)22-15)29-14-21(26)25-11-5-6-17-13-18(7-8-19(17)25)30(27,28)24-9-3-4-10-24/h7-8,12-13H,3-6,9-11,14H2,1-2H3. The van der Waals surface area contributed by atoms with Crippen LogP contribution in [0.25, 0.3) is 0 Å². The van der Waals surface area contributed by atoms with Gasteiger partial charge in [-0.05, 0) is 69.4 Å². The van der Waals surface area contributed by atoms with E-state index in [1.165, 1.54) is 11.8 Å². The highest BCUT2D eigenvalue weighted by molar-refractivity contribution is 7.99. The van der Waals surface area contributed by atoms with Crippen molar-refractivity contribution in [1.29, 1.82) is 0 Å². The Kier molecular flexibility index (Phi) is 6.13. The van der Waals surface area contributed by atoms with Crippen molar-refractivity contribution in [3.05, 3.63) is 41.3 Å². The van der Waals surface area contributed by atoms with E-state index in [0.717, 1.165) is 47.7 Å². The third-order valence-corrected chi connectivity index (χ3v) is 8.25. The molecule has 0 spiro atoms. The second-order valence-corrected chi connectivity index (χ2v) is 10.7. The number of fused-ring (bicyclic) bond motifs is 1. The first-order valence-electron chi connectivity index (χ1n) is 10.2. The Morgan fingerprint density at radius 1 is 1.07 bits per heavy atom. The summed E-state index contributed by atoms with van der Waals surface area (Å²) in [6.07, 6.45) is 3.42. The van der Waals surface area contributed by atoms with E-state index in [2.05, 4.69) is 9.97 Å². The SMILES string of the molecule is Cc1cc(SCC(=O)N2CCCc3cc(S(=O)(=O)N4CCCC4)ccc32)nc(C)n1. The van der Waals surface area contributed by atoms with Crippen LogP contribution in [0.1, 0.15) is 36.3 Å². The molecule has 0 unspecified atom stereocenters. The van der Waals surface area contributed by atoms with E-state index >= 15 is 0 Å². The van der Waals surface area contributed by atoms with Crippen LogP contribution >= 0.6 is 11.8 Å². The number of nitrogens with zero attached hydrogens (tertiary/aromatic N) is 4. The number of carbonyl (C=O) groups is 1. The first-order chi connectivity index (χ1) is 14.3. The molecule has 2 aromatic rings. The molecule has 1 fully saturated rings. The van der Waals surface area contributed by atoms with Gasteiger partial charge in [-0.15, -0.1) is 0 Å². The lowest BCUT2D eigenvalue weighted by Crippen LogP contribution is -2.37. The summed E-state index contributed by atoms with van der Waals surface area (Å²) in [4.78, 5) is 23.7. The van der Waals surface area contributed by atoms with Crippen LogP contribution < -0.4 is 4.90 Å². The van der Waals surface area contributed by atoms with Gasteiger partial charge in [0.05, 0.1) is 10.6 Å². The predicted octanol–water partition coefficient (Wildman–Crippen LogP) is 2.95. The van der Waals surface area contributed by atoms with Crippen LogP contribution in [0.3, 0.4) is 0 Å². The minimum Gasteiger partial charge on any atom is -0.311 e. The van der Waals surface area contributed by atoms with E-state index in [-0.39, 0.29) is 11.7 Å². The Labute approximate surface area is 181 Å². The van der Waals surface area contributed by atoms with E-state index in [1.54, 1.807) is 27.4 Å². The van der Waals surface area contributed by atoms with Gasteiger partial charge in [-0.25, -0.2) is 18.4 Å². The number of sulfonamides is 1. The van der Waals surface area contributed by atoms with E-state index < -0.39 is 10.0 Å². The number of anilines is 1. The predicted molar refractivity (Wildman–Crippen MR) is 117 cm³/mol. The van der Waals surface area contributed by atoms with Gasteiger partial charge >= 0.3 is 0 Å². The molecule has 0 atom stereocenters. The summed E-state index contributed by atoms with van der Waals surface area (Å²) in [6, 6.07) is 7.07. The molecule has 7 nitrogen and oxygen atoms in total. The van der Waals surface area contributed by atoms with Crippen molar-refractivity contribution in [3.63, 3.8) is 0 Å². The molecule has 0 aliphatic carbocycles. The first kappa shape index (κ1) is 21.3. The number of aryl methyl sites for hydroxylation is 3. The van der Waals surface area contributed by atoms with E-state index in [9.17, 15) is 13.2 Å². The van der Waals surface area contributed by atoms with E-state index in [0.29, 0.717) is 30.4 Å². The summed E-state index contributed by atoms with van der Waals surface area (Å²) >= 11 is 1.40. The maximum absolute atomic E-state index is 12.9. The van der Waals surface area contributed by atoms with Crippen molar-refractivity contribution >= 4 is 33.4 Å². The van der Waals surface area contributed by atoms with Gasteiger partial charge < -0.3 is 4.90 Å². The van der Waals surface area contributed by atoms with Crippen LogP contribution in [0.5, 0.6) is 0 Å². The third kappa shape index (κ3) is 4.38. The smallest absolute Gasteiger partial charge is 0.243 e. The molecule has 30 heavy (non-hydrogen) atoms. The second-order valence-electron chi connectivity index (χ2n) is 7.73. The number of amides is 1. The molecular formula is C21H26N4O3S2. The zero-order valence-corrected chi connectivity index (χ0v) is 18.9. The average molecular weight is 447 g/mol. The highest BCUT2D eigenvalue weighted by atomic mass is 32.2. The van der Waals surface area contributed by atoms with Crippen molar-refractivity contribution in [2.75, 3.05) is 30.3 Å². The molecular weight excluding hydrogens is 420 g/mol. The fourth-order valence-electron chi connectivity index (χ4n) is 4.04. The molecule has 3 heterocycles. The normalized spacial score (nSPS) is 17.2. The fraction of sp³-hybridized carbons (Fsp3) is 0.476. The molecule has 0 radical (unpaired) electrons. The lowest BCUT2D eigenvalue weighted by atomic mass is 10.0. The highest BCUT2D eigenvalue weighted by Gasteiger charge is 2.29. The molecule has 160 valence electrons. The Bertz CT molecular complexity index is 1050. The molecule has 9 heteroatoms. The minimum absolute atomic E-state index is 0.00465. The summed E-state index contributed by atoms with van der Waals surface area (Å²) in [7, 11) is -3.45. The highest BCUT2D eigenvalue weighted by Crippen LogP contribution is 2.32. The summed E-state index contributed by atoms with van der Waals surface area (Å²) < 4.78 is 27.3. The zero-order chi connectivity index (χ0) is 21.3. The largest absolute Gasteiger partial charge is 0.311 e. The molecule has 0 bridgehead atoms. The van der Waals surface area contributed by atoms with Gasteiger partial charge in [0.1, 0.15) is 10.9 Å². The maximum Gasteiger partial charge on any atom is 0.243 e. The zero-order valence-electron chi connectivity index (χ0n) is 17.3. The van der Waals surface area contributed by atoms with Crippen LogP contribution in [0.15, 0.2) is 34.2 Å². The lowest BCUT2D eigenvalue weighted by Gasteiger charge is -2.30. The van der Waals surface area contributed by atoms with Gasteiger partial charge in [0, 0.05) is 31.0 Å². The topological polar surface area (TPSA) is 83.5 Å². The Hall–Kier alpha value is -1.97. The molecule has 1 aromatic carbocycles. The third-order valence-electron chi connectivity index (χ3n) is 5.46. The lowest BCUT2D eigenvalue weighted by molar-refractivity contribution is -0.116. The fourth-order valence-corrected chi connectivity index (χ4v) is 6.49. The van der Waals surface area contributed by atoms with Gasteiger partial charge in [-0.1, -0.05) is 11.8 Å². The number of carbonyl (C=O) groups excluding carboxylic acids is 1. The van der Waals surface area contributed by atoms with Gasteiger partial charge in [-0.2, -0.15) is 4.31 Å².